The fourth-order valence-corrected chi connectivity index (χ4v) is 8.32. The van der Waals surface area contributed by atoms with Gasteiger partial charge in [0.25, 0.3) is 0 Å². The normalized spacial score (nSPS) is 12.2. The van der Waals surface area contributed by atoms with E-state index in [1.54, 1.807) is 0 Å². The summed E-state index contributed by atoms with van der Waals surface area (Å²) in [6.07, 6.45) is 0. The van der Waals surface area contributed by atoms with E-state index < -0.39 is 0 Å². The average molecular weight is 666 g/mol. The van der Waals surface area contributed by atoms with Gasteiger partial charge < -0.3 is 17.8 Å². The largest absolute Gasteiger partial charge is 0.456 e. The van der Waals surface area contributed by atoms with Crippen molar-refractivity contribution in [2.75, 3.05) is 0 Å². The van der Waals surface area contributed by atoms with Gasteiger partial charge in [-0.15, -0.1) is 0 Å². The molecule has 4 nitrogen and oxygen atoms in total. The number of benzene rings is 8. The van der Waals surface area contributed by atoms with Crippen LogP contribution in [-0.2, 0) is 0 Å². The van der Waals surface area contributed by atoms with Crippen molar-refractivity contribution in [2.24, 2.45) is 0 Å². The summed E-state index contributed by atoms with van der Waals surface area (Å²) < 4.78 is 21.5. The van der Waals surface area contributed by atoms with E-state index in [0.29, 0.717) is 0 Å². The van der Waals surface area contributed by atoms with E-state index in [9.17, 15) is 0 Å². The number of furan rings is 3. The van der Waals surface area contributed by atoms with Crippen LogP contribution in [0, 0.1) is 0 Å². The van der Waals surface area contributed by atoms with Crippen LogP contribution < -0.4 is 0 Å². The van der Waals surface area contributed by atoms with Crippen molar-refractivity contribution in [3.05, 3.63) is 164 Å². The zero-order chi connectivity index (χ0) is 33.9. The van der Waals surface area contributed by atoms with Gasteiger partial charge in [0.05, 0.1) is 11.0 Å². The molecule has 12 aromatic rings. The van der Waals surface area contributed by atoms with Gasteiger partial charge in [-0.2, -0.15) is 0 Å². The SMILES string of the molecule is c1ccc(-c2ccc3oc4ccc(-c5ccc6oc7cc8oc9ccc(-n%10c%11ccccc%11c%11ccccc%11%10)cc9c8cc7c6c5)cc4c3c2)cc1. The molecular weight excluding hydrogens is 639 g/mol. The Labute approximate surface area is 296 Å². The maximum atomic E-state index is 6.42. The van der Waals surface area contributed by atoms with E-state index in [-0.39, 0.29) is 0 Å². The third kappa shape index (κ3) is 3.92. The van der Waals surface area contributed by atoms with Crippen molar-refractivity contribution in [1.29, 1.82) is 0 Å². The lowest BCUT2D eigenvalue weighted by atomic mass is 9.99. The number of para-hydroxylation sites is 2. The molecule has 0 saturated carbocycles. The number of fused-ring (bicyclic) bond motifs is 12. The van der Waals surface area contributed by atoms with Crippen LogP contribution in [0.25, 0.3) is 116 Å². The molecule has 0 aliphatic carbocycles. The molecule has 0 aliphatic heterocycles. The second kappa shape index (κ2) is 10.3. The molecule has 4 heterocycles. The molecule has 8 aromatic carbocycles. The van der Waals surface area contributed by atoms with Gasteiger partial charge in [-0.3, -0.25) is 0 Å². The van der Waals surface area contributed by atoms with Crippen LogP contribution in [0.2, 0.25) is 0 Å². The first-order valence-electron chi connectivity index (χ1n) is 17.6. The van der Waals surface area contributed by atoms with Crippen LogP contribution in [0.1, 0.15) is 0 Å². The third-order valence-electron chi connectivity index (χ3n) is 10.8. The second-order valence-electron chi connectivity index (χ2n) is 13.7. The average Bonchev–Trinajstić information content (AvgIpc) is 3.95. The van der Waals surface area contributed by atoms with E-state index in [1.165, 1.54) is 32.9 Å². The highest BCUT2D eigenvalue weighted by Crippen LogP contribution is 2.41. The molecule has 0 spiro atoms. The van der Waals surface area contributed by atoms with Gasteiger partial charge in [0, 0.05) is 54.8 Å². The molecule has 0 saturated heterocycles. The van der Waals surface area contributed by atoms with Crippen LogP contribution in [-0.4, -0.2) is 4.57 Å². The van der Waals surface area contributed by atoms with Crippen LogP contribution in [0.5, 0.6) is 0 Å². The zero-order valence-corrected chi connectivity index (χ0v) is 27.8. The minimum Gasteiger partial charge on any atom is -0.456 e. The number of hydrogen-bond acceptors (Lipinski definition) is 3. The molecule has 0 N–H and O–H groups in total. The van der Waals surface area contributed by atoms with Crippen molar-refractivity contribution in [2.45, 2.75) is 0 Å². The van der Waals surface area contributed by atoms with Crippen LogP contribution >= 0.6 is 0 Å². The first-order valence-corrected chi connectivity index (χ1v) is 17.6. The molecule has 0 unspecified atom stereocenters. The summed E-state index contributed by atoms with van der Waals surface area (Å²) in [7, 11) is 0. The van der Waals surface area contributed by atoms with Crippen LogP contribution in [0.4, 0.5) is 0 Å². The molecule has 52 heavy (non-hydrogen) atoms. The molecule has 4 heteroatoms. The molecule has 0 bridgehead atoms. The number of nitrogens with zero attached hydrogens (tertiary/aromatic N) is 1. The van der Waals surface area contributed by atoms with Gasteiger partial charge >= 0.3 is 0 Å². The molecule has 0 atom stereocenters. The van der Waals surface area contributed by atoms with E-state index in [1.807, 2.05) is 12.1 Å². The summed E-state index contributed by atoms with van der Waals surface area (Å²) in [6, 6.07) is 57.9. The minimum absolute atomic E-state index is 0.811. The Balaban J connectivity index is 1.01. The summed E-state index contributed by atoms with van der Waals surface area (Å²) in [4.78, 5) is 0. The van der Waals surface area contributed by atoms with E-state index in [4.69, 9.17) is 13.3 Å². The quantitative estimate of drug-likeness (QED) is 0.189. The highest BCUT2D eigenvalue weighted by Gasteiger charge is 2.18. The van der Waals surface area contributed by atoms with Crippen molar-refractivity contribution in [3.63, 3.8) is 0 Å². The summed E-state index contributed by atoms with van der Waals surface area (Å²) >= 11 is 0. The lowest BCUT2D eigenvalue weighted by Gasteiger charge is -2.08. The topological polar surface area (TPSA) is 44.4 Å². The predicted octanol–water partition coefficient (Wildman–Crippen LogP) is 13.8. The fraction of sp³-hybridized carbons (Fsp3) is 0. The minimum atomic E-state index is 0.811. The summed E-state index contributed by atoms with van der Waals surface area (Å²) in [5.41, 5.74) is 13.2. The fourth-order valence-electron chi connectivity index (χ4n) is 8.32. The third-order valence-corrected chi connectivity index (χ3v) is 10.8. The highest BCUT2D eigenvalue weighted by molar-refractivity contribution is 6.16. The van der Waals surface area contributed by atoms with Gasteiger partial charge in [0.1, 0.15) is 33.5 Å². The molecule has 0 aliphatic rings. The van der Waals surface area contributed by atoms with E-state index in [2.05, 4.69) is 156 Å². The molecule has 0 fully saturated rings. The lowest BCUT2D eigenvalue weighted by Crippen LogP contribution is -1.93. The standard InChI is InChI=1S/C48H27NO3/c1-2-8-28(9-3-1)29-14-18-43-35(22-29)36-23-30(15-19-44(36)50-43)31-16-20-45-37(24-31)39-26-40-38-25-32(17-21-46(38)52-48(40)27-47(39)51-45)49-41-12-6-4-10-33(41)34-11-5-7-13-42(34)49/h1-27H. The van der Waals surface area contributed by atoms with Crippen molar-refractivity contribution >= 4 is 87.6 Å². The number of rotatable bonds is 3. The Hall–Kier alpha value is -7.04. The molecule has 4 aromatic heterocycles. The maximum Gasteiger partial charge on any atom is 0.139 e. The number of hydrogen-bond donors (Lipinski definition) is 0. The Morgan fingerprint density at radius 1 is 0.269 bits per heavy atom. The molecule has 242 valence electrons. The van der Waals surface area contributed by atoms with Gasteiger partial charge in [0.15, 0.2) is 0 Å². The first kappa shape index (κ1) is 27.7. The van der Waals surface area contributed by atoms with Crippen LogP contribution in [0.3, 0.4) is 0 Å². The van der Waals surface area contributed by atoms with E-state index in [0.717, 1.165) is 82.6 Å². The Bertz CT molecular complexity index is 3360. The van der Waals surface area contributed by atoms with Gasteiger partial charge in [-0.05, 0) is 95.1 Å². The highest BCUT2D eigenvalue weighted by atomic mass is 16.3. The van der Waals surface area contributed by atoms with Crippen molar-refractivity contribution in [3.8, 4) is 27.9 Å². The predicted molar refractivity (Wildman–Crippen MR) is 213 cm³/mol. The Kier molecular flexibility index (Phi) is 5.47. The molecule has 0 amide bonds. The van der Waals surface area contributed by atoms with Gasteiger partial charge in [-0.1, -0.05) is 84.9 Å². The van der Waals surface area contributed by atoms with Crippen LogP contribution in [0.15, 0.2) is 177 Å². The molecule has 12 rings (SSSR count). The Morgan fingerprint density at radius 3 is 1.25 bits per heavy atom. The molecule has 0 radical (unpaired) electrons. The summed E-state index contributed by atoms with van der Waals surface area (Å²) in [5.74, 6) is 0. The number of aromatic nitrogens is 1. The Morgan fingerprint density at radius 2 is 0.692 bits per heavy atom. The molecular formula is C48H27NO3. The van der Waals surface area contributed by atoms with Crippen molar-refractivity contribution < 1.29 is 13.3 Å². The smallest absolute Gasteiger partial charge is 0.139 e. The van der Waals surface area contributed by atoms with E-state index >= 15 is 0 Å². The monoisotopic (exact) mass is 665 g/mol. The lowest BCUT2D eigenvalue weighted by molar-refractivity contribution is 0.656. The van der Waals surface area contributed by atoms with Gasteiger partial charge in [-0.25, -0.2) is 0 Å². The van der Waals surface area contributed by atoms with Crippen molar-refractivity contribution in [1.82, 2.24) is 4.57 Å². The first-order chi connectivity index (χ1) is 25.7. The second-order valence-corrected chi connectivity index (χ2v) is 13.7. The zero-order valence-electron chi connectivity index (χ0n) is 27.8. The summed E-state index contributed by atoms with van der Waals surface area (Å²) in [5, 5.41) is 9.00. The van der Waals surface area contributed by atoms with Gasteiger partial charge in [0.2, 0.25) is 0 Å². The summed E-state index contributed by atoms with van der Waals surface area (Å²) in [6.45, 7) is 0. The maximum absolute atomic E-state index is 6.42.